The van der Waals surface area contributed by atoms with Crippen molar-refractivity contribution in [1.29, 1.82) is 5.26 Å². The standard InChI is InChI=1S/C19H17BrN8S/c20-16-8-23-19(29-16)27-6-3-12(9-27)15(1-4-21)28-10-13(7-26-28)17-14-2-5-22-18(14)25-11-24-17/h2,5,7-8,10-12,15H,1,3,6,9H2,(H,22,24,25)/t12-,15-/m0/s1. The molecule has 0 unspecified atom stereocenters. The normalized spacial score (nSPS) is 17.7. The quantitative estimate of drug-likeness (QED) is 0.474. The number of nitriles is 1. The first-order valence-corrected chi connectivity index (χ1v) is 10.9. The highest BCUT2D eigenvalue weighted by atomic mass is 79.9. The fraction of sp³-hybridized carbons (Fsp3) is 0.316. The van der Waals surface area contributed by atoms with Gasteiger partial charge in [0.25, 0.3) is 0 Å². The highest BCUT2D eigenvalue weighted by molar-refractivity contribution is 9.11. The molecular weight excluding hydrogens is 452 g/mol. The molecule has 8 nitrogen and oxygen atoms in total. The van der Waals surface area contributed by atoms with Gasteiger partial charge in [0.2, 0.25) is 0 Å². The van der Waals surface area contributed by atoms with E-state index in [1.165, 1.54) is 0 Å². The third kappa shape index (κ3) is 3.41. The number of H-pyrrole nitrogens is 1. The first kappa shape index (κ1) is 18.3. The van der Waals surface area contributed by atoms with Crippen LogP contribution in [0.3, 0.4) is 0 Å². The average molecular weight is 469 g/mol. The third-order valence-corrected chi connectivity index (χ3v) is 6.91. The summed E-state index contributed by atoms with van der Waals surface area (Å²) in [7, 11) is 0. The van der Waals surface area contributed by atoms with Gasteiger partial charge in [-0.05, 0) is 28.4 Å². The van der Waals surface area contributed by atoms with Crippen molar-refractivity contribution < 1.29 is 0 Å². The molecule has 1 aliphatic rings. The zero-order valence-corrected chi connectivity index (χ0v) is 17.8. The fourth-order valence-electron chi connectivity index (χ4n) is 3.98. The van der Waals surface area contributed by atoms with E-state index in [1.54, 1.807) is 17.7 Å². The molecule has 0 amide bonds. The molecule has 1 N–H and O–H groups in total. The van der Waals surface area contributed by atoms with Crippen LogP contribution in [-0.4, -0.2) is 42.8 Å². The van der Waals surface area contributed by atoms with Crippen molar-refractivity contribution in [2.24, 2.45) is 5.92 Å². The lowest BCUT2D eigenvalue weighted by Crippen LogP contribution is -2.24. The molecule has 4 aromatic heterocycles. The minimum atomic E-state index is 0.0192. The number of anilines is 1. The maximum absolute atomic E-state index is 9.44. The van der Waals surface area contributed by atoms with Crippen LogP contribution in [0.15, 0.2) is 41.0 Å². The van der Waals surface area contributed by atoms with Gasteiger partial charge in [-0.15, -0.1) is 0 Å². The van der Waals surface area contributed by atoms with Gasteiger partial charge in [0.1, 0.15) is 12.0 Å². The van der Waals surface area contributed by atoms with Gasteiger partial charge in [0, 0.05) is 42.4 Å². The van der Waals surface area contributed by atoms with Gasteiger partial charge < -0.3 is 9.88 Å². The van der Waals surface area contributed by atoms with Crippen LogP contribution >= 0.6 is 27.3 Å². The number of hydrogen-bond donors (Lipinski definition) is 1. The summed E-state index contributed by atoms with van der Waals surface area (Å²) in [4.78, 5) is 18.6. The molecule has 5 rings (SSSR count). The number of aromatic amines is 1. The van der Waals surface area contributed by atoms with Crippen molar-refractivity contribution in [3.63, 3.8) is 0 Å². The first-order chi connectivity index (χ1) is 14.2. The summed E-state index contributed by atoms with van der Waals surface area (Å²) in [6, 6.07) is 4.33. The molecule has 1 fully saturated rings. The molecule has 4 aromatic rings. The van der Waals surface area contributed by atoms with Crippen molar-refractivity contribution in [2.75, 3.05) is 18.0 Å². The van der Waals surface area contributed by atoms with Crippen LogP contribution in [0.4, 0.5) is 5.13 Å². The second-order valence-electron chi connectivity index (χ2n) is 7.04. The van der Waals surface area contributed by atoms with E-state index in [-0.39, 0.29) is 6.04 Å². The Labute approximate surface area is 179 Å². The van der Waals surface area contributed by atoms with Crippen molar-refractivity contribution in [2.45, 2.75) is 18.9 Å². The van der Waals surface area contributed by atoms with E-state index in [4.69, 9.17) is 0 Å². The van der Waals surface area contributed by atoms with Gasteiger partial charge in [-0.3, -0.25) is 4.68 Å². The Hall–Kier alpha value is -2.77. The van der Waals surface area contributed by atoms with E-state index >= 15 is 0 Å². The number of nitrogens with zero attached hydrogens (tertiary/aromatic N) is 7. The molecule has 2 atom stereocenters. The maximum atomic E-state index is 9.44. The monoisotopic (exact) mass is 468 g/mol. The number of rotatable bonds is 5. The fourth-order valence-corrected chi connectivity index (χ4v) is 5.20. The topological polar surface area (TPSA) is 99.3 Å². The Balaban J connectivity index is 1.41. The van der Waals surface area contributed by atoms with Crippen molar-refractivity contribution in [1.82, 2.24) is 29.7 Å². The first-order valence-electron chi connectivity index (χ1n) is 9.29. The predicted octanol–water partition coefficient (Wildman–Crippen LogP) is 4.02. The number of nitrogens with one attached hydrogen (secondary N) is 1. The van der Waals surface area contributed by atoms with Gasteiger partial charge in [0.05, 0.1) is 40.4 Å². The van der Waals surface area contributed by atoms with Crippen LogP contribution in [0.1, 0.15) is 18.9 Å². The van der Waals surface area contributed by atoms with Crippen molar-refractivity contribution in [3.8, 4) is 17.3 Å². The maximum Gasteiger partial charge on any atom is 0.186 e. The second kappa shape index (κ2) is 7.57. The summed E-state index contributed by atoms with van der Waals surface area (Å²) >= 11 is 5.12. The minimum Gasteiger partial charge on any atom is -0.348 e. The molecule has 29 heavy (non-hydrogen) atoms. The Morgan fingerprint density at radius 3 is 3.10 bits per heavy atom. The smallest absolute Gasteiger partial charge is 0.186 e. The van der Waals surface area contributed by atoms with Gasteiger partial charge in [0.15, 0.2) is 5.13 Å². The van der Waals surface area contributed by atoms with E-state index in [1.807, 2.05) is 35.5 Å². The summed E-state index contributed by atoms with van der Waals surface area (Å²) in [5.41, 5.74) is 2.58. The summed E-state index contributed by atoms with van der Waals surface area (Å²) < 4.78 is 2.97. The predicted molar refractivity (Wildman–Crippen MR) is 115 cm³/mol. The molecular formula is C19H17BrN8S. The van der Waals surface area contributed by atoms with E-state index < -0.39 is 0 Å². The number of thiazole rings is 1. The number of aromatic nitrogens is 6. The van der Waals surface area contributed by atoms with E-state index in [0.717, 1.165) is 50.7 Å². The van der Waals surface area contributed by atoms with Crippen molar-refractivity contribution >= 4 is 43.4 Å². The number of fused-ring (bicyclic) bond motifs is 1. The summed E-state index contributed by atoms with van der Waals surface area (Å²) in [5.74, 6) is 0.336. The molecule has 10 heteroatoms. The Kier molecular flexibility index (Phi) is 4.77. The molecule has 0 aliphatic carbocycles. The molecule has 0 aromatic carbocycles. The average Bonchev–Trinajstić information content (AvgIpc) is 3.52. The van der Waals surface area contributed by atoms with Crippen LogP contribution in [0.2, 0.25) is 0 Å². The molecule has 146 valence electrons. The third-order valence-electron chi connectivity index (χ3n) is 5.37. The molecule has 0 spiro atoms. The molecule has 0 saturated carbocycles. The minimum absolute atomic E-state index is 0.0192. The number of halogens is 1. The Bertz CT molecular complexity index is 1190. The van der Waals surface area contributed by atoms with Gasteiger partial charge in [-0.25, -0.2) is 15.0 Å². The van der Waals surface area contributed by atoms with Gasteiger partial charge in [-0.1, -0.05) is 11.3 Å². The van der Waals surface area contributed by atoms with Crippen molar-refractivity contribution in [3.05, 3.63) is 41.0 Å². The van der Waals surface area contributed by atoms with Gasteiger partial charge in [-0.2, -0.15) is 10.4 Å². The van der Waals surface area contributed by atoms with E-state index in [2.05, 4.69) is 51.9 Å². The molecule has 1 aliphatic heterocycles. The van der Waals surface area contributed by atoms with Crippen LogP contribution in [0, 0.1) is 17.2 Å². The summed E-state index contributed by atoms with van der Waals surface area (Å²) in [6.45, 7) is 1.81. The Morgan fingerprint density at radius 1 is 1.34 bits per heavy atom. The van der Waals surface area contributed by atoms with E-state index in [0.29, 0.717) is 12.3 Å². The number of hydrogen-bond acceptors (Lipinski definition) is 7. The zero-order valence-electron chi connectivity index (χ0n) is 15.4. The van der Waals surface area contributed by atoms with Crippen LogP contribution in [-0.2, 0) is 0 Å². The highest BCUT2D eigenvalue weighted by Gasteiger charge is 2.32. The molecule has 0 radical (unpaired) electrons. The van der Waals surface area contributed by atoms with Crippen LogP contribution in [0.25, 0.3) is 22.3 Å². The lowest BCUT2D eigenvalue weighted by molar-refractivity contribution is 0.332. The molecule has 0 bridgehead atoms. The lowest BCUT2D eigenvalue weighted by atomic mass is 9.96. The highest BCUT2D eigenvalue weighted by Crippen LogP contribution is 2.36. The second-order valence-corrected chi connectivity index (χ2v) is 9.43. The lowest BCUT2D eigenvalue weighted by Gasteiger charge is -2.22. The van der Waals surface area contributed by atoms with Crippen LogP contribution in [0.5, 0.6) is 0 Å². The largest absolute Gasteiger partial charge is 0.348 e. The van der Waals surface area contributed by atoms with Crippen LogP contribution < -0.4 is 4.90 Å². The molecule has 5 heterocycles. The Morgan fingerprint density at radius 2 is 2.28 bits per heavy atom. The SMILES string of the molecule is N#CC[C@@H]([C@H]1CCN(c2ncc(Br)s2)C1)n1cc(-c2ncnc3[nH]ccc23)cn1. The van der Waals surface area contributed by atoms with Gasteiger partial charge >= 0.3 is 0 Å². The molecule has 1 saturated heterocycles. The summed E-state index contributed by atoms with van der Waals surface area (Å²) in [5, 5.41) is 16.0. The van der Waals surface area contributed by atoms with E-state index in [9.17, 15) is 5.26 Å². The zero-order chi connectivity index (χ0) is 19.8. The summed E-state index contributed by atoms with van der Waals surface area (Å²) in [6.07, 6.45) is 10.5.